The number of hydrogen-bond acceptors (Lipinski definition) is 6. The lowest BCUT2D eigenvalue weighted by Gasteiger charge is -2.19. The van der Waals surface area contributed by atoms with Crippen molar-refractivity contribution >= 4 is 19.0 Å². The van der Waals surface area contributed by atoms with E-state index in [1.807, 2.05) is 0 Å². The number of nitro groups is 1. The van der Waals surface area contributed by atoms with Gasteiger partial charge < -0.3 is 38.0 Å². The van der Waals surface area contributed by atoms with Crippen molar-refractivity contribution in [3.05, 3.63) is 33.9 Å². The summed E-state index contributed by atoms with van der Waals surface area (Å²) >= 11 is 0. The number of carbonyl (C=O) groups is 1. The number of methoxy groups -OCH3 is 1. The number of nitro benzene ring substituents is 1. The predicted molar refractivity (Wildman–Crippen MR) is 78.2 cm³/mol. The molecule has 0 heterocycles. The van der Waals surface area contributed by atoms with Crippen molar-refractivity contribution in [2.45, 2.75) is 18.3 Å². The average molecular weight is 385 g/mol. The molecule has 1 aromatic rings. The molecule has 0 aliphatic carbocycles. The molecule has 24 heavy (non-hydrogen) atoms. The first kappa shape index (κ1) is 22.3. The second kappa shape index (κ2) is 8.95. The number of quaternary nitrogens is 1. The maximum absolute atomic E-state index is 12.2. The fourth-order valence-corrected chi connectivity index (χ4v) is 3.38. The molecule has 0 spiro atoms. The van der Waals surface area contributed by atoms with Crippen LogP contribution < -0.4 is 22.9 Å². The third-order valence-electron chi connectivity index (χ3n) is 3.23. The van der Waals surface area contributed by atoms with Crippen LogP contribution in [0, 0.1) is 10.1 Å². The zero-order valence-corrected chi connectivity index (χ0v) is 14.3. The van der Waals surface area contributed by atoms with Gasteiger partial charge in [0.2, 0.25) is 7.37 Å². The van der Waals surface area contributed by atoms with Gasteiger partial charge in [-0.3, -0.25) is 14.7 Å². The Morgan fingerprint density at radius 2 is 2.08 bits per heavy atom. The third-order valence-corrected chi connectivity index (χ3v) is 5.19. The van der Waals surface area contributed by atoms with Crippen LogP contribution in [0.5, 0.6) is 5.75 Å². The number of carboxylic acid groups (broad SMARTS) is 1. The van der Waals surface area contributed by atoms with Crippen molar-refractivity contribution in [1.29, 1.82) is 0 Å². The topological polar surface area (TPSA) is 175 Å². The molecule has 0 amide bonds. The summed E-state index contributed by atoms with van der Waals surface area (Å²) in [5.41, 5.74) is 2.73. The molecule has 12 heteroatoms. The average Bonchev–Trinajstić information content (AvgIpc) is 2.50. The van der Waals surface area contributed by atoms with Crippen molar-refractivity contribution in [3.63, 3.8) is 0 Å². The number of aliphatic carboxylic acids is 1. The quantitative estimate of drug-likeness (QED) is 0.208. The van der Waals surface area contributed by atoms with Crippen LogP contribution in [0.3, 0.4) is 0 Å². The second-order valence-corrected chi connectivity index (χ2v) is 7.31. The van der Waals surface area contributed by atoms with E-state index in [0.717, 1.165) is 6.07 Å². The smallest absolute Gasteiger partial charge is 0.362 e. The normalized spacial score (nSPS) is 15.5. The SMILES string of the molecule is COc1ccc(C(O)P(=O)(O)CC[C@H]([NH3+])C(=O)O)cc1[N+](=O)[O-].[Cl-]. The number of aliphatic hydroxyl groups excluding tert-OH is 1. The Hall–Kier alpha value is -1.71. The van der Waals surface area contributed by atoms with Crippen molar-refractivity contribution < 1.29 is 52.3 Å². The van der Waals surface area contributed by atoms with Crippen molar-refractivity contribution in [1.82, 2.24) is 0 Å². The minimum Gasteiger partial charge on any atom is -1.00 e. The number of aliphatic hydroxyl groups is 1. The predicted octanol–water partition coefficient (Wildman–Crippen LogP) is -3.05. The van der Waals surface area contributed by atoms with Gasteiger partial charge in [0.1, 0.15) is 0 Å². The Kier molecular flexibility index (Phi) is 8.31. The molecule has 0 aliphatic rings. The van der Waals surface area contributed by atoms with Crippen LogP contribution in [-0.2, 0) is 9.36 Å². The van der Waals surface area contributed by atoms with E-state index in [1.54, 1.807) is 0 Å². The number of halogens is 1. The number of hydrogen-bond donors (Lipinski definition) is 4. The highest BCUT2D eigenvalue weighted by atomic mass is 35.5. The van der Waals surface area contributed by atoms with Crippen LogP contribution in [0.15, 0.2) is 18.2 Å². The molecule has 0 saturated heterocycles. The van der Waals surface area contributed by atoms with Crippen LogP contribution in [-0.4, -0.2) is 45.3 Å². The zero-order valence-electron chi connectivity index (χ0n) is 12.7. The Bertz CT molecular complexity index is 656. The van der Waals surface area contributed by atoms with Gasteiger partial charge in [-0.15, -0.1) is 0 Å². The van der Waals surface area contributed by atoms with E-state index >= 15 is 0 Å². The highest BCUT2D eigenvalue weighted by Crippen LogP contribution is 2.55. The van der Waals surface area contributed by atoms with E-state index < -0.39 is 42.0 Å². The lowest BCUT2D eigenvalue weighted by atomic mass is 10.2. The molecule has 0 saturated carbocycles. The molecule has 0 aromatic heterocycles. The summed E-state index contributed by atoms with van der Waals surface area (Å²) in [5.74, 6) is -3.14. The maximum Gasteiger partial charge on any atom is 0.362 e. The number of carboxylic acids is 1. The van der Waals surface area contributed by atoms with Gasteiger partial charge in [-0.1, -0.05) is 6.07 Å². The Balaban J connectivity index is 0.00000529. The van der Waals surface area contributed by atoms with Gasteiger partial charge in [-0.25, -0.2) is 4.79 Å². The van der Waals surface area contributed by atoms with Crippen LogP contribution in [0.4, 0.5) is 5.69 Å². The van der Waals surface area contributed by atoms with Gasteiger partial charge in [-0.05, 0) is 11.6 Å². The summed E-state index contributed by atoms with van der Waals surface area (Å²) < 4.78 is 17.0. The summed E-state index contributed by atoms with van der Waals surface area (Å²) in [7, 11) is -2.95. The lowest BCUT2D eigenvalue weighted by Crippen LogP contribution is -3.00. The Morgan fingerprint density at radius 1 is 1.50 bits per heavy atom. The first-order chi connectivity index (χ1) is 10.6. The Morgan fingerprint density at radius 3 is 2.54 bits per heavy atom. The van der Waals surface area contributed by atoms with E-state index in [1.165, 1.54) is 19.2 Å². The molecular formula is C12H18ClN2O8P. The summed E-state index contributed by atoms with van der Waals surface area (Å²) in [4.78, 5) is 30.8. The lowest BCUT2D eigenvalue weighted by molar-refractivity contribution is -0.407. The minimum atomic E-state index is -4.18. The zero-order chi connectivity index (χ0) is 17.8. The summed E-state index contributed by atoms with van der Waals surface area (Å²) in [6.45, 7) is 0. The van der Waals surface area contributed by atoms with Crippen LogP contribution >= 0.6 is 7.37 Å². The third kappa shape index (κ3) is 5.43. The first-order valence-electron chi connectivity index (χ1n) is 6.48. The standard InChI is InChI=1S/C12H17N2O8P.ClH/c1-22-10-3-2-7(6-9(10)14(18)19)12(17)23(20,21)5-4-8(13)11(15)16;/h2-3,6,8,12,17H,4-5,13H2,1H3,(H,15,16)(H,20,21);1H/t8-,12?;/m0./s1. The molecule has 136 valence electrons. The van der Waals surface area contributed by atoms with Gasteiger partial charge >= 0.3 is 11.7 Å². The van der Waals surface area contributed by atoms with Gasteiger partial charge in [0, 0.05) is 18.6 Å². The summed E-state index contributed by atoms with van der Waals surface area (Å²) in [5, 5.41) is 29.7. The Labute approximate surface area is 143 Å². The van der Waals surface area contributed by atoms with Crippen LogP contribution in [0.2, 0.25) is 0 Å². The van der Waals surface area contributed by atoms with Crippen molar-refractivity contribution in [3.8, 4) is 5.75 Å². The monoisotopic (exact) mass is 384 g/mol. The minimum absolute atomic E-state index is 0. The number of nitrogens with zero attached hydrogens (tertiary/aromatic N) is 1. The first-order valence-corrected chi connectivity index (χ1v) is 8.39. The number of rotatable bonds is 8. The molecule has 1 aromatic carbocycles. The van der Waals surface area contributed by atoms with Crippen molar-refractivity contribution in [2.75, 3.05) is 13.3 Å². The van der Waals surface area contributed by atoms with Gasteiger partial charge in [0.25, 0.3) is 0 Å². The summed E-state index contributed by atoms with van der Waals surface area (Å²) in [6.07, 6.45) is -0.688. The molecular weight excluding hydrogens is 367 g/mol. The molecule has 2 unspecified atom stereocenters. The molecule has 6 N–H and O–H groups in total. The fourth-order valence-electron chi connectivity index (χ4n) is 1.83. The highest BCUT2D eigenvalue weighted by Gasteiger charge is 2.33. The van der Waals surface area contributed by atoms with Gasteiger partial charge in [0.15, 0.2) is 17.6 Å². The molecule has 0 bridgehead atoms. The number of benzene rings is 1. The van der Waals surface area contributed by atoms with Crippen LogP contribution in [0.25, 0.3) is 0 Å². The molecule has 0 radical (unpaired) electrons. The van der Waals surface area contributed by atoms with E-state index in [9.17, 15) is 29.5 Å². The van der Waals surface area contributed by atoms with Gasteiger partial charge in [-0.2, -0.15) is 0 Å². The van der Waals surface area contributed by atoms with Gasteiger partial charge in [0.05, 0.1) is 12.0 Å². The van der Waals surface area contributed by atoms with E-state index in [4.69, 9.17) is 9.84 Å². The molecule has 1 rings (SSSR count). The number of ether oxygens (including phenoxy) is 1. The van der Waals surface area contributed by atoms with E-state index in [0.29, 0.717) is 0 Å². The van der Waals surface area contributed by atoms with E-state index in [-0.39, 0.29) is 30.1 Å². The molecule has 10 nitrogen and oxygen atoms in total. The largest absolute Gasteiger partial charge is 1.00 e. The maximum atomic E-state index is 12.2. The molecule has 3 atom stereocenters. The van der Waals surface area contributed by atoms with Crippen molar-refractivity contribution in [2.24, 2.45) is 0 Å². The summed E-state index contributed by atoms with van der Waals surface area (Å²) in [6, 6.07) is 2.30. The fraction of sp³-hybridized carbons (Fsp3) is 0.417. The van der Waals surface area contributed by atoms with Crippen LogP contribution in [0.1, 0.15) is 17.8 Å². The second-order valence-electron chi connectivity index (χ2n) is 4.87. The molecule has 0 aliphatic heterocycles. The highest BCUT2D eigenvalue weighted by molar-refractivity contribution is 7.58. The molecule has 0 fully saturated rings. The van der Waals surface area contributed by atoms with E-state index in [2.05, 4.69) is 5.73 Å².